The van der Waals surface area contributed by atoms with Gasteiger partial charge in [0.15, 0.2) is 0 Å². The molecule has 1 N–H and O–H groups in total. The third kappa shape index (κ3) is 4.24. The van der Waals surface area contributed by atoms with Crippen LogP contribution in [0.15, 0.2) is 6.20 Å². The molecule has 0 aliphatic carbocycles. The number of ether oxygens (including phenoxy) is 1. The van der Waals surface area contributed by atoms with Crippen LogP contribution in [-0.4, -0.2) is 55.6 Å². The molecule has 1 atom stereocenters. The number of aromatic nitrogens is 2. The molecule has 104 valence electrons. The van der Waals surface area contributed by atoms with Crippen molar-refractivity contribution in [1.82, 2.24) is 20.0 Å². The normalized spacial score (nSPS) is 13.2. The molecule has 6 heteroatoms. The van der Waals surface area contributed by atoms with Gasteiger partial charge in [-0.2, -0.15) is 5.10 Å². The first-order valence-electron chi connectivity index (χ1n) is 6.21. The zero-order valence-corrected chi connectivity index (χ0v) is 12.4. The summed E-state index contributed by atoms with van der Waals surface area (Å²) < 4.78 is 7.42. The fraction of sp³-hybridized carbons (Fsp3) is 0.750. The average molecular weight is 275 g/mol. The fourth-order valence-electron chi connectivity index (χ4n) is 1.73. The van der Waals surface area contributed by atoms with Crippen molar-refractivity contribution in [3.63, 3.8) is 0 Å². The average Bonchev–Trinajstić information content (AvgIpc) is 2.70. The molecule has 1 rings (SSSR count). The van der Waals surface area contributed by atoms with Crippen LogP contribution in [0.25, 0.3) is 0 Å². The van der Waals surface area contributed by atoms with E-state index in [1.54, 1.807) is 6.20 Å². The maximum Gasteiger partial charge on any atom is 0.0835 e. The second-order valence-corrected chi connectivity index (χ2v) is 4.81. The summed E-state index contributed by atoms with van der Waals surface area (Å²) in [7, 11) is 5.99. The SMILES string of the molecule is CCOCC(NC)c1c(Cl)cnn1CCN(C)C. The van der Waals surface area contributed by atoms with Gasteiger partial charge in [0.05, 0.1) is 36.1 Å². The molecular weight excluding hydrogens is 252 g/mol. The summed E-state index contributed by atoms with van der Waals surface area (Å²) in [4.78, 5) is 2.12. The van der Waals surface area contributed by atoms with Gasteiger partial charge in [-0.25, -0.2) is 0 Å². The highest BCUT2D eigenvalue weighted by Crippen LogP contribution is 2.22. The van der Waals surface area contributed by atoms with Crippen LogP contribution >= 0.6 is 11.6 Å². The first-order chi connectivity index (χ1) is 8.60. The number of halogens is 1. The van der Waals surface area contributed by atoms with Crippen LogP contribution in [0.1, 0.15) is 18.7 Å². The molecule has 1 aromatic rings. The molecule has 0 fully saturated rings. The van der Waals surface area contributed by atoms with Gasteiger partial charge in [-0.05, 0) is 28.1 Å². The standard InChI is InChI=1S/C12H23ClN4O/c1-5-18-9-11(14-2)12-10(13)8-15-17(12)7-6-16(3)4/h8,11,14H,5-7,9H2,1-4H3. The molecule has 0 spiro atoms. The van der Waals surface area contributed by atoms with E-state index in [1.807, 2.05) is 32.7 Å². The van der Waals surface area contributed by atoms with E-state index in [1.165, 1.54) is 0 Å². The molecule has 0 aliphatic rings. The molecule has 1 aromatic heterocycles. The monoisotopic (exact) mass is 274 g/mol. The first-order valence-corrected chi connectivity index (χ1v) is 6.58. The van der Waals surface area contributed by atoms with Crippen LogP contribution in [0.5, 0.6) is 0 Å². The zero-order chi connectivity index (χ0) is 13.5. The maximum atomic E-state index is 6.22. The number of hydrogen-bond acceptors (Lipinski definition) is 4. The van der Waals surface area contributed by atoms with Crippen LogP contribution < -0.4 is 5.32 Å². The van der Waals surface area contributed by atoms with Crippen molar-refractivity contribution in [3.8, 4) is 0 Å². The van der Waals surface area contributed by atoms with E-state index in [-0.39, 0.29) is 6.04 Å². The fourth-order valence-corrected chi connectivity index (χ4v) is 2.00. The number of nitrogens with one attached hydrogen (secondary N) is 1. The third-order valence-corrected chi connectivity index (χ3v) is 3.05. The van der Waals surface area contributed by atoms with Crippen molar-refractivity contribution < 1.29 is 4.74 Å². The Bertz CT molecular complexity index is 354. The van der Waals surface area contributed by atoms with Crippen molar-refractivity contribution in [3.05, 3.63) is 16.9 Å². The van der Waals surface area contributed by atoms with Gasteiger partial charge < -0.3 is 15.0 Å². The molecule has 0 radical (unpaired) electrons. The topological polar surface area (TPSA) is 42.3 Å². The Morgan fingerprint density at radius 2 is 2.28 bits per heavy atom. The quantitative estimate of drug-likeness (QED) is 0.778. The lowest BCUT2D eigenvalue weighted by molar-refractivity contribution is 0.122. The summed E-state index contributed by atoms with van der Waals surface area (Å²) in [6.07, 6.45) is 1.70. The summed E-state index contributed by atoms with van der Waals surface area (Å²) in [5.41, 5.74) is 0.995. The highest BCUT2D eigenvalue weighted by atomic mass is 35.5. The molecule has 0 saturated heterocycles. The van der Waals surface area contributed by atoms with Gasteiger partial charge >= 0.3 is 0 Å². The molecule has 18 heavy (non-hydrogen) atoms. The minimum atomic E-state index is 0.0714. The predicted molar refractivity (Wildman–Crippen MR) is 74.1 cm³/mol. The van der Waals surface area contributed by atoms with E-state index in [9.17, 15) is 0 Å². The van der Waals surface area contributed by atoms with Gasteiger partial charge in [-0.3, -0.25) is 4.68 Å². The summed E-state index contributed by atoms with van der Waals surface area (Å²) in [6, 6.07) is 0.0714. The molecular formula is C12H23ClN4O. The van der Waals surface area contributed by atoms with Gasteiger partial charge in [-0.1, -0.05) is 11.6 Å². The molecule has 0 saturated carbocycles. The molecule has 5 nitrogen and oxygen atoms in total. The second kappa shape index (κ2) is 7.74. The van der Waals surface area contributed by atoms with E-state index in [2.05, 4.69) is 15.3 Å². The lowest BCUT2D eigenvalue weighted by atomic mass is 10.2. The van der Waals surface area contributed by atoms with Crippen LogP contribution in [0, 0.1) is 0 Å². The van der Waals surface area contributed by atoms with E-state index in [0.717, 1.165) is 18.8 Å². The Hall–Kier alpha value is -0.620. The van der Waals surface area contributed by atoms with Crippen molar-refractivity contribution in [1.29, 1.82) is 0 Å². The van der Waals surface area contributed by atoms with Gasteiger partial charge in [-0.15, -0.1) is 0 Å². The van der Waals surface area contributed by atoms with E-state index in [0.29, 0.717) is 18.2 Å². The highest BCUT2D eigenvalue weighted by Gasteiger charge is 2.19. The molecule has 1 heterocycles. The Morgan fingerprint density at radius 1 is 1.56 bits per heavy atom. The third-order valence-electron chi connectivity index (χ3n) is 2.76. The summed E-state index contributed by atoms with van der Waals surface area (Å²) in [6.45, 7) is 5.02. The summed E-state index contributed by atoms with van der Waals surface area (Å²) in [5, 5.41) is 8.24. The minimum absolute atomic E-state index is 0.0714. The van der Waals surface area contributed by atoms with E-state index < -0.39 is 0 Å². The Labute approximate surface area is 114 Å². The van der Waals surface area contributed by atoms with Gasteiger partial charge in [0, 0.05) is 13.2 Å². The largest absolute Gasteiger partial charge is 0.380 e. The molecule has 0 aliphatic heterocycles. The van der Waals surface area contributed by atoms with Crippen LogP contribution in [0.2, 0.25) is 5.02 Å². The zero-order valence-electron chi connectivity index (χ0n) is 11.6. The first kappa shape index (κ1) is 15.4. The molecule has 0 bridgehead atoms. The van der Waals surface area contributed by atoms with Crippen LogP contribution in [-0.2, 0) is 11.3 Å². The van der Waals surface area contributed by atoms with Crippen molar-refractivity contribution >= 4 is 11.6 Å². The van der Waals surface area contributed by atoms with Gasteiger partial charge in [0.1, 0.15) is 0 Å². The maximum absolute atomic E-state index is 6.22. The van der Waals surface area contributed by atoms with Crippen molar-refractivity contribution in [2.75, 3.05) is 40.9 Å². The molecule has 0 aromatic carbocycles. The van der Waals surface area contributed by atoms with Crippen molar-refractivity contribution in [2.45, 2.75) is 19.5 Å². The smallest absolute Gasteiger partial charge is 0.0835 e. The highest BCUT2D eigenvalue weighted by molar-refractivity contribution is 6.31. The Kier molecular flexibility index (Phi) is 6.63. The number of hydrogen-bond donors (Lipinski definition) is 1. The molecule has 1 unspecified atom stereocenters. The Balaban J connectivity index is 2.80. The lowest BCUT2D eigenvalue weighted by Gasteiger charge is -2.19. The van der Waals surface area contributed by atoms with Crippen LogP contribution in [0.4, 0.5) is 0 Å². The van der Waals surface area contributed by atoms with Gasteiger partial charge in [0.2, 0.25) is 0 Å². The van der Waals surface area contributed by atoms with Crippen LogP contribution in [0.3, 0.4) is 0 Å². The number of likely N-dealkylation sites (N-methyl/N-ethyl adjacent to an activating group) is 2. The second-order valence-electron chi connectivity index (χ2n) is 4.40. The number of nitrogens with zero attached hydrogens (tertiary/aromatic N) is 3. The minimum Gasteiger partial charge on any atom is -0.380 e. The summed E-state index contributed by atoms with van der Waals surface area (Å²) in [5.74, 6) is 0. The molecule has 0 amide bonds. The summed E-state index contributed by atoms with van der Waals surface area (Å²) >= 11 is 6.22. The number of rotatable bonds is 8. The Morgan fingerprint density at radius 3 is 2.83 bits per heavy atom. The van der Waals surface area contributed by atoms with Crippen molar-refractivity contribution in [2.24, 2.45) is 0 Å². The van der Waals surface area contributed by atoms with E-state index in [4.69, 9.17) is 16.3 Å². The van der Waals surface area contributed by atoms with Gasteiger partial charge in [0.25, 0.3) is 0 Å². The lowest BCUT2D eigenvalue weighted by Crippen LogP contribution is -2.27. The van der Waals surface area contributed by atoms with E-state index >= 15 is 0 Å². The predicted octanol–water partition coefficient (Wildman–Crippen LogP) is 1.40.